The van der Waals surface area contributed by atoms with Crippen molar-refractivity contribution in [3.8, 4) is 5.75 Å². The van der Waals surface area contributed by atoms with Gasteiger partial charge in [-0.1, -0.05) is 54.1 Å². The molecule has 3 rings (SSSR count). The molecule has 0 radical (unpaired) electrons. The van der Waals surface area contributed by atoms with Crippen LogP contribution < -0.4 is 4.90 Å². The van der Waals surface area contributed by atoms with Gasteiger partial charge in [-0.3, -0.25) is 0 Å². The summed E-state index contributed by atoms with van der Waals surface area (Å²) in [6.45, 7) is 1.63. The van der Waals surface area contributed by atoms with E-state index in [0.717, 1.165) is 34.4 Å². The van der Waals surface area contributed by atoms with Gasteiger partial charge in [0.2, 0.25) is 0 Å². The van der Waals surface area contributed by atoms with E-state index >= 15 is 0 Å². The fourth-order valence-corrected chi connectivity index (χ4v) is 3.08. The Morgan fingerprint density at radius 1 is 0.955 bits per heavy atom. The Balaban J connectivity index is 1.85. The van der Waals surface area contributed by atoms with Gasteiger partial charge in [-0.2, -0.15) is 0 Å². The number of quaternary nitrogens is 1. The van der Waals surface area contributed by atoms with Gasteiger partial charge in [0.1, 0.15) is 18.8 Å². The van der Waals surface area contributed by atoms with Crippen LogP contribution in [0.25, 0.3) is 10.8 Å². The number of nitrogens with one attached hydrogen (secondary N) is 1. The van der Waals surface area contributed by atoms with Crippen LogP contribution in [0.15, 0.2) is 60.7 Å². The average molecular weight is 313 g/mol. The molecular formula is C19H19ClNO+. The van der Waals surface area contributed by atoms with Crippen LogP contribution in [0, 0.1) is 0 Å². The molecule has 1 unspecified atom stereocenters. The quantitative estimate of drug-likeness (QED) is 0.758. The molecule has 0 aromatic heterocycles. The summed E-state index contributed by atoms with van der Waals surface area (Å²) in [5, 5.41) is 13.3. The van der Waals surface area contributed by atoms with Crippen LogP contribution in [-0.2, 0) is 13.1 Å². The summed E-state index contributed by atoms with van der Waals surface area (Å²) in [7, 11) is 2.13. The van der Waals surface area contributed by atoms with Crippen molar-refractivity contribution in [3.63, 3.8) is 0 Å². The molecular weight excluding hydrogens is 294 g/mol. The lowest BCUT2D eigenvalue weighted by Crippen LogP contribution is -3.06. The Hall–Kier alpha value is -2.03. The minimum Gasteiger partial charge on any atom is -0.507 e. The topological polar surface area (TPSA) is 24.7 Å². The van der Waals surface area contributed by atoms with Gasteiger partial charge in [0.05, 0.1) is 12.6 Å². The van der Waals surface area contributed by atoms with Gasteiger partial charge in [-0.05, 0) is 29.0 Å². The maximum atomic E-state index is 10.2. The van der Waals surface area contributed by atoms with E-state index in [4.69, 9.17) is 11.6 Å². The first-order valence-corrected chi connectivity index (χ1v) is 7.76. The van der Waals surface area contributed by atoms with Crippen LogP contribution in [0.5, 0.6) is 5.75 Å². The normalized spacial score (nSPS) is 12.5. The zero-order chi connectivity index (χ0) is 15.5. The number of phenols is 1. The molecule has 0 aliphatic heterocycles. The fourth-order valence-electron chi connectivity index (χ4n) is 2.87. The van der Waals surface area contributed by atoms with Crippen molar-refractivity contribution < 1.29 is 10.0 Å². The van der Waals surface area contributed by atoms with Crippen LogP contribution in [0.1, 0.15) is 11.1 Å². The van der Waals surface area contributed by atoms with Crippen molar-refractivity contribution >= 4 is 22.4 Å². The van der Waals surface area contributed by atoms with E-state index in [2.05, 4.69) is 25.2 Å². The van der Waals surface area contributed by atoms with E-state index in [1.807, 2.05) is 36.4 Å². The molecule has 0 spiro atoms. The summed E-state index contributed by atoms with van der Waals surface area (Å²) in [6.07, 6.45) is 0. The zero-order valence-corrected chi connectivity index (χ0v) is 13.3. The first-order valence-electron chi connectivity index (χ1n) is 7.39. The molecule has 0 heterocycles. The highest BCUT2D eigenvalue weighted by atomic mass is 35.5. The molecule has 3 aromatic carbocycles. The smallest absolute Gasteiger partial charge is 0.125 e. The standard InChI is InChI=1S/C19H18ClNO/c1-21(12-14-5-4-7-16(20)11-14)13-18-17-8-3-2-6-15(17)9-10-19(18)22/h2-11,22H,12-13H2,1H3/p+1. The fraction of sp³-hybridized carbons (Fsp3) is 0.158. The van der Waals surface area contributed by atoms with Crippen molar-refractivity contribution in [2.45, 2.75) is 13.1 Å². The van der Waals surface area contributed by atoms with Crippen LogP contribution in [0.4, 0.5) is 0 Å². The van der Waals surface area contributed by atoms with Gasteiger partial charge >= 0.3 is 0 Å². The van der Waals surface area contributed by atoms with E-state index in [1.165, 1.54) is 10.5 Å². The molecule has 1 atom stereocenters. The second-order valence-corrected chi connectivity index (χ2v) is 6.16. The number of rotatable bonds is 4. The Morgan fingerprint density at radius 2 is 1.77 bits per heavy atom. The lowest BCUT2D eigenvalue weighted by atomic mass is 10.0. The average Bonchev–Trinajstić information content (AvgIpc) is 2.50. The largest absolute Gasteiger partial charge is 0.507 e. The van der Waals surface area contributed by atoms with Crippen molar-refractivity contribution in [1.82, 2.24) is 0 Å². The second kappa shape index (κ2) is 6.39. The predicted octanol–water partition coefficient (Wildman–Crippen LogP) is 3.41. The summed E-state index contributed by atoms with van der Waals surface area (Å²) in [5.41, 5.74) is 2.20. The Labute approximate surface area is 135 Å². The molecule has 0 amide bonds. The monoisotopic (exact) mass is 312 g/mol. The maximum Gasteiger partial charge on any atom is 0.125 e. The van der Waals surface area contributed by atoms with Crippen LogP contribution in [0.3, 0.4) is 0 Å². The molecule has 0 aliphatic carbocycles. The summed E-state index contributed by atoms with van der Waals surface area (Å²) in [6, 6.07) is 19.8. The van der Waals surface area contributed by atoms with Gasteiger partial charge in [-0.15, -0.1) is 0 Å². The molecule has 3 heteroatoms. The van der Waals surface area contributed by atoms with Crippen molar-refractivity contribution in [3.05, 3.63) is 76.8 Å². The number of hydrogen-bond donors (Lipinski definition) is 2. The van der Waals surface area contributed by atoms with E-state index in [1.54, 1.807) is 6.07 Å². The third-order valence-corrected chi connectivity index (χ3v) is 4.12. The second-order valence-electron chi connectivity index (χ2n) is 5.72. The van der Waals surface area contributed by atoms with Crippen molar-refractivity contribution in [1.29, 1.82) is 0 Å². The molecule has 0 aliphatic rings. The lowest BCUT2D eigenvalue weighted by molar-refractivity contribution is -0.907. The molecule has 112 valence electrons. The summed E-state index contributed by atoms with van der Waals surface area (Å²) in [5.74, 6) is 0.365. The number of fused-ring (bicyclic) bond motifs is 1. The Kier molecular flexibility index (Phi) is 4.32. The molecule has 2 N–H and O–H groups in total. The molecule has 0 fully saturated rings. The first kappa shape index (κ1) is 14.9. The van der Waals surface area contributed by atoms with Crippen molar-refractivity contribution in [2.24, 2.45) is 0 Å². The minimum absolute atomic E-state index is 0.365. The summed E-state index contributed by atoms with van der Waals surface area (Å²) >= 11 is 6.04. The molecule has 0 bridgehead atoms. The van der Waals surface area contributed by atoms with Gasteiger partial charge in [0, 0.05) is 10.6 Å². The van der Waals surface area contributed by atoms with E-state index in [0.29, 0.717) is 5.75 Å². The van der Waals surface area contributed by atoms with Crippen LogP contribution in [-0.4, -0.2) is 12.2 Å². The molecule has 2 nitrogen and oxygen atoms in total. The third-order valence-electron chi connectivity index (χ3n) is 3.89. The number of aromatic hydroxyl groups is 1. The third kappa shape index (κ3) is 3.24. The predicted molar refractivity (Wildman–Crippen MR) is 91.4 cm³/mol. The Morgan fingerprint density at radius 3 is 2.59 bits per heavy atom. The minimum atomic E-state index is 0.365. The van der Waals surface area contributed by atoms with E-state index < -0.39 is 0 Å². The van der Waals surface area contributed by atoms with Gasteiger partial charge in [0.25, 0.3) is 0 Å². The van der Waals surface area contributed by atoms with E-state index in [9.17, 15) is 5.11 Å². The maximum absolute atomic E-state index is 10.2. The van der Waals surface area contributed by atoms with Gasteiger partial charge in [-0.25, -0.2) is 0 Å². The van der Waals surface area contributed by atoms with Crippen molar-refractivity contribution in [2.75, 3.05) is 7.05 Å². The first-order chi connectivity index (χ1) is 10.6. The number of hydrogen-bond acceptors (Lipinski definition) is 1. The molecule has 22 heavy (non-hydrogen) atoms. The summed E-state index contributed by atoms with van der Waals surface area (Å²) < 4.78 is 0. The number of halogens is 1. The van der Waals surface area contributed by atoms with Gasteiger partial charge < -0.3 is 10.0 Å². The summed E-state index contributed by atoms with van der Waals surface area (Å²) in [4.78, 5) is 1.30. The zero-order valence-electron chi connectivity index (χ0n) is 12.5. The Bertz CT molecular complexity index is 800. The molecule has 0 saturated heterocycles. The lowest BCUT2D eigenvalue weighted by Gasteiger charge is -2.16. The highest BCUT2D eigenvalue weighted by Crippen LogP contribution is 2.26. The van der Waals surface area contributed by atoms with Gasteiger partial charge in [0.15, 0.2) is 0 Å². The highest BCUT2D eigenvalue weighted by molar-refractivity contribution is 6.30. The number of phenolic OH excluding ortho intramolecular Hbond substituents is 1. The SMILES string of the molecule is C[NH+](Cc1cccc(Cl)c1)Cc1c(O)ccc2ccccc12. The molecule has 3 aromatic rings. The highest BCUT2D eigenvalue weighted by Gasteiger charge is 2.12. The van der Waals surface area contributed by atoms with E-state index in [-0.39, 0.29) is 0 Å². The van der Waals surface area contributed by atoms with Crippen LogP contribution in [0.2, 0.25) is 5.02 Å². The van der Waals surface area contributed by atoms with Crippen LogP contribution >= 0.6 is 11.6 Å². The number of benzene rings is 3. The molecule has 0 saturated carbocycles.